The zero-order valence-electron chi connectivity index (χ0n) is 42.5. The van der Waals surface area contributed by atoms with Crippen LogP contribution < -0.4 is 4.90 Å². The van der Waals surface area contributed by atoms with Crippen LogP contribution in [0.2, 0.25) is 0 Å². The highest BCUT2D eigenvalue weighted by atomic mass is 15.1. The minimum Gasteiger partial charge on any atom is -0.341 e. The Morgan fingerprint density at radius 3 is 1.19 bits per heavy atom. The van der Waals surface area contributed by atoms with E-state index in [1.54, 1.807) is 0 Å². The number of benzene rings is 9. The summed E-state index contributed by atoms with van der Waals surface area (Å²) in [7, 11) is 0. The van der Waals surface area contributed by atoms with Crippen molar-refractivity contribution in [2.24, 2.45) is 0 Å². The van der Waals surface area contributed by atoms with Gasteiger partial charge in [0.05, 0.1) is 0 Å². The minimum atomic E-state index is 0.947. The first-order chi connectivity index (χ1) is 33.6. The molecule has 2 heterocycles. The van der Waals surface area contributed by atoms with Crippen molar-refractivity contribution in [3.05, 3.63) is 246 Å². The van der Waals surface area contributed by atoms with Gasteiger partial charge in [-0.2, -0.15) is 0 Å². The van der Waals surface area contributed by atoms with E-state index in [1.807, 2.05) is 50.2 Å². The van der Waals surface area contributed by atoms with E-state index in [4.69, 9.17) is 0 Å². The lowest BCUT2D eigenvalue weighted by molar-refractivity contribution is 0.827. The summed E-state index contributed by atoms with van der Waals surface area (Å²) < 4.78 is 4.79. The minimum absolute atomic E-state index is 0.947. The maximum Gasteiger partial charge on any atom is 0.0492 e. The fourth-order valence-electron chi connectivity index (χ4n) is 9.19. The van der Waals surface area contributed by atoms with Crippen LogP contribution in [0.25, 0.3) is 54.7 Å². The number of rotatable bonds is 6. The van der Waals surface area contributed by atoms with Crippen LogP contribution in [0.5, 0.6) is 0 Å². The van der Waals surface area contributed by atoms with Gasteiger partial charge in [-0.25, -0.2) is 0 Å². The zero-order valence-corrected chi connectivity index (χ0v) is 42.5. The maximum atomic E-state index is 2.41. The van der Waals surface area contributed by atoms with Gasteiger partial charge in [0.2, 0.25) is 0 Å². The summed E-state index contributed by atoms with van der Waals surface area (Å²) in [6.45, 7) is 23.3. The van der Waals surface area contributed by atoms with Crippen LogP contribution in [0.1, 0.15) is 61.1 Å². The molecule has 0 saturated carbocycles. The molecule has 9 aromatic carbocycles. The van der Waals surface area contributed by atoms with Crippen LogP contribution >= 0.6 is 0 Å². The van der Waals surface area contributed by atoms with Gasteiger partial charge in [0.25, 0.3) is 0 Å². The molecule has 0 unspecified atom stereocenters. The van der Waals surface area contributed by atoms with Gasteiger partial charge in [0, 0.05) is 73.8 Å². The van der Waals surface area contributed by atoms with Gasteiger partial charge in [-0.3, -0.25) is 0 Å². The first kappa shape index (κ1) is 49.3. The van der Waals surface area contributed by atoms with Crippen molar-refractivity contribution in [2.45, 2.75) is 82.3 Å². The Bertz CT molecular complexity index is 3340. The van der Waals surface area contributed by atoms with E-state index in [-0.39, 0.29) is 0 Å². The van der Waals surface area contributed by atoms with Crippen molar-refractivity contribution in [1.29, 1.82) is 0 Å². The molecule has 0 spiro atoms. The molecule has 11 rings (SSSR count). The van der Waals surface area contributed by atoms with Crippen molar-refractivity contribution >= 4 is 60.7 Å². The third kappa shape index (κ3) is 11.4. The number of hydrogen-bond acceptors (Lipinski definition) is 1. The van der Waals surface area contributed by atoms with Gasteiger partial charge in [0.1, 0.15) is 0 Å². The molecule has 0 fully saturated rings. The standard InChI is InChI=1S/C35H32N2.C15H15N.2C7H8.C2H6/c1-5-36-34-14-10-9-13-30(34)33-23-29(19-20-35(33)36)37(27-11-7-6-8-12-27)28-18-17-26(4)32(22-28)31-21-24(2)15-16-25(31)3;1-3-16-14-7-5-4-6-12(14)13-10-11(2)8-9-15(13)16;2*1-7-5-3-2-4-6-7;1-2/h6-23H,5H2,1-4H3;4-10H,3H2,1-2H3;2*2-6H,1H3;1-2H3. The highest BCUT2D eigenvalue weighted by molar-refractivity contribution is 6.10. The fraction of sp³-hybridized carbons (Fsp3) is 0.182. The summed E-state index contributed by atoms with van der Waals surface area (Å²) in [5.74, 6) is 0. The third-order valence-electron chi connectivity index (χ3n) is 12.6. The van der Waals surface area contributed by atoms with Crippen molar-refractivity contribution in [3.8, 4) is 11.1 Å². The first-order valence-corrected chi connectivity index (χ1v) is 24.7. The average Bonchev–Trinajstić information content (AvgIpc) is 3.88. The molecule has 11 aromatic rings. The Morgan fingerprint density at radius 1 is 0.304 bits per heavy atom. The van der Waals surface area contributed by atoms with E-state index >= 15 is 0 Å². The van der Waals surface area contributed by atoms with Gasteiger partial charge in [0.15, 0.2) is 0 Å². The Labute approximate surface area is 412 Å². The molecular weight excluding hydrogens is 835 g/mol. The summed E-state index contributed by atoms with van der Waals surface area (Å²) in [4.78, 5) is 2.38. The van der Waals surface area contributed by atoms with Gasteiger partial charge >= 0.3 is 0 Å². The Morgan fingerprint density at radius 2 is 0.681 bits per heavy atom. The van der Waals surface area contributed by atoms with Gasteiger partial charge in [-0.05, 0) is 144 Å². The van der Waals surface area contributed by atoms with Crippen LogP contribution in [-0.2, 0) is 13.1 Å². The Hall–Kier alpha value is -7.62. The number of anilines is 3. The molecule has 0 aliphatic rings. The van der Waals surface area contributed by atoms with Crippen LogP contribution in [0.15, 0.2) is 212 Å². The number of aromatic nitrogens is 2. The summed E-state index contributed by atoms with van der Waals surface area (Å²) in [6, 6.07) is 75.8. The number of aryl methyl sites for hydroxylation is 8. The molecular formula is C66H69N3. The number of hydrogen-bond donors (Lipinski definition) is 0. The second-order valence-corrected chi connectivity index (χ2v) is 17.5. The molecule has 0 aliphatic heterocycles. The van der Waals surface area contributed by atoms with E-state index in [2.05, 4.69) is 245 Å². The van der Waals surface area contributed by atoms with E-state index in [0.29, 0.717) is 0 Å². The lowest BCUT2D eigenvalue weighted by Gasteiger charge is -2.27. The molecule has 69 heavy (non-hydrogen) atoms. The first-order valence-electron chi connectivity index (χ1n) is 24.7. The highest BCUT2D eigenvalue weighted by Crippen LogP contribution is 2.41. The van der Waals surface area contributed by atoms with Crippen molar-refractivity contribution in [3.63, 3.8) is 0 Å². The van der Waals surface area contributed by atoms with E-state index in [0.717, 1.165) is 30.2 Å². The van der Waals surface area contributed by atoms with Crippen LogP contribution in [0.3, 0.4) is 0 Å². The molecule has 0 N–H and O–H groups in total. The number of para-hydroxylation sites is 3. The second-order valence-electron chi connectivity index (χ2n) is 17.5. The molecule has 0 atom stereocenters. The SMILES string of the molecule is CC.CCn1c2ccccc2c2cc(C)ccc21.CCn1c2ccccc2c2cc(N(c3ccccc3)c3ccc(C)c(-c4cc(C)ccc4C)c3)ccc21.Cc1ccccc1.Cc1ccccc1. The lowest BCUT2D eigenvalue weighted by atomic mass is 9.94. The summed E-state index contributed by atoms with van der Waals surface area (Å²) in [6.07, 6.45) is 0. The third-order valence-corrected chi connectivity index (χ3v) is 12.6. The predicted octanol–water partition coefficient (Wildman–Crippen LogP) is 19.0. The highest BCUT2D eigenvalue weighted by Gasteiger charge is 2.18. The Kier molecular flexibility index (Phi) is 16.7. The van der Waals surface area contributed by atoms with Crippen molar-refractivity contribution in [1.82, 2.24) is 9.13 Å². The normalized spacial score (nSPS) is 10.6. The molecule has 0 radical (unpaired) electrons. The van der Waals surface area contributed by atoms with Crippen LogP contribution in [0.4, 0.5) is 17.1 Å². The second kappa shape index (κ2) is 23.4. The largest absolute Gasteiger partial charge is 0.341 e. The van der Waals surface area contributed by atoms with Crippen molar-refractivity contribution in [2.75, 3.05) is 4.90 Å². The predicted molar refractivity (Wildman–Crippen MR) is 303 cm³/mol. The monoisotopic (exact) mass is 904 g/mol. The molecule has 0 bridgehead atoms. The number of fused-ring (bicyclic) bond motifs is 6. The smallest absolute Gasteiger partial charge is 0.0492 e. The van der Waals surface area contributed by atoms with Crippen molar-refractivity contribution < 1.29 is 0 Å². The number of nitrogens with zero attached hydrogens (tertiary/aromatic N) is 3. The average molecular weight is 904 g/mol. The Balaban J connectivity index is 0.000000177. The zero-order chi connectivity index (χ0) is 48.9. The van der Waals surface area contributed by atoms with Gasteiger partial charge < -0.3 is 14.0 Å². The van der Waals surface area contributed by atoms with E-state index in [9.17, 15) is 0 Å². The van der Waals surface area contributed by atoms with Crippen LogP contribution in [0, 0.1) is 41.5 Å². The van der Waals surface area contributed by atoms with Crippen LogP contribution in [-0.4, -0.2) is 9.13 Å². The topological polar surface area (TPSA) is 13.1 Å². The maximum absolute atomic E-state index is 2.41. The fourth-order valence-corrected chi connectivity index (χ4v) is 9.19. The molecule has 3 heteroatoms. The quantitative estimate of drug-likeness (QED) is 0.162. The molecule has 0 saturated heterocycles. The molecule has 348 valence electrons. The molecule has 2 aromatic heterocycles. The molecule has 3 nitrogen and oxygen atoms in total. The van der Waals surface area contributed by atoms with E-state index in [1.165, 1.54) is 88.1 Å². The summed E-state index contributed by atoms with van der Waals surface area (Å²) in [5.41, 5.74) is 19.1. The lowest BCUT2D eigenvalue weighted by Crippen LogP contribution is -2.10. The van der Waals surface area contributed by atoms with Gasteiger partial charge in [-0.15, -0.1) is 0 Å². The van der Waals surface area contributed by atoms with E-state index < -0.39 is 0 Å². The summed E-state index contributed by atoms with van der Waals surface area (Å²) >= 11 is 0. The molecule has 0 aliphatic carbocycles. The molecule has 0 amide bonds. The summed E-state index contributed by atoms with van der Waals surface area (Å²) in [5, 5.41) is 5.33. The van der Waals surface area contributed by atoms with Gasteiger partial charge in [-0.1, -0.05) is 182 Å².